The molecule has 0 aliphatic rings. The van der Waals surface area contributed by atoms with Crippen molar-refractivity contribution in [2.45, 2.75) is 20.0 Å². The van der Waals surface area contributed by atoms with Gasteiger partial charge in [0, 0.05) is 6.92 Å². The van der Waals surface area contributed by atoms with E-state index in [-0.39, 0.29) is 11.3 Å². The second-order valence-corrected chi connectivity index (χ2v) is 4.58. The second-order valence-electron chi connectivity index (χ2n) is 4.58. The van der Waals surface area contributed by atoms with Crippen molar-refractivity contribution >= 4 is 17.9 Å². The predicted octanol–water partition coefficient (Wildman–Crippen LogP) is 3.18. The number of esters is 1. The number of nitrogens with zero attached hydrogens (tertiary/aromatic N) is 1. The number of halogens is 3. The number of carbonyl (C=O) groups is 2. The zero-order valence-corrected chi connectivity index (χ0v) is 12.0. The van der Waals surface area contributed by atoms with Crippen LogP contribution >= 0.6 is 0 Å². The summed E-state index contributed by atoms with van der Waals surface area (Å²) >= 11 is 0. The van der Waals surface area contributed by atoms with Crippen molar-refractivity contribution in [2.75, 3.05) is 5.32 Å². The first-order chi connectivity index (χ1) is 10.7. The third-order valence-electron chi connectivity index (χ3n) is 2.65. The van der Waals surface area contributed by atoms with Gasteiger partial charge in [-0.1, -0.05) is 11.6 Å². The Balaban J connectivity index is 2.25. The van der Waals surface area contributed by atoms with E-state index in [1.165, 1.54) is 12.1 Å². The average Bonchev–Trinajstić information content (AvgIpc) is 2.88. The Kier molecular flexibility index (Phi) is 4.39. The van der Waals surface area contributed by atoms with Crippen molar-refractivity contribution in [3.05, 3.63) is 41.3 Å². The van der Waals surface area contributed by atoms with Gasteiger partial charge < -0.3 is 9.15 Å². The summed E-state index contributed by atoms with van der Waals surface area (Å²) in [7, 11) is 0. The van der Waals surface area contributed by atoms with E-state index in [2.05, 4.69) is 14.7 Å². The number of aryl methyl sites for hydroxylation is 1. The fourth-order valence-corrected chi connectivity index (χ4v) is 1.69. The molecule has 6 nitrogen and oxygen atoms in total. The smallest absolute Gasteiger partial charge is 0.431 e. The lowest BCUT2D eigenvalue weighted by Crippen LogP contribution is -2.15. The average molecular weight is 328 g/mol. The Bertz CT molecular complexity index is 753. The van der Waals surface area contributed by atoms with Crippen LogP contribution in [0.1, 0.15) is 28.5 Å². The highest BCUT2D eigenvalue weighted by atomic mass is 19.4. The zero-order valence-electron chi connectivity index (χ0n) is 12.0. The van der Waals surface area contributed by atoms with Gasteiger partial charge in [-0.3, -0.25) is 14.9 Å². The van der Waals surface area contributed by atoms with Crippen molar-refractivity contribution in [1.82, 2.24) is 4.98 Å². The largest absolute Gasteiger partial charge is 0.436 e. The van der Waals surface area contributed by atoms with Crippen LogP contribution in [0.2, 0.25) is 0 Å². The summed E-state index contributed by atoms with van der Waals surface area (Å²) in [6, 6.07) is 3.82. The standard InChI is InChI=1S/C14H11F3N2O4/c1-7-3-4-10(23-8(2)20)9(5-7)12(21)19-13-18-11(6-22-13)14(15,16)17/h3-6H,1-2H3,(H,18,19,21). The lowest BCUT2D eigenvalue weighted by molar-refractivity contribution is -0.141. The summed E-state index contributed by atoms with van der Waals surface area (Å²) in [4.78, 5) is 26.3. The number of alkyl halides is 3. The molecule has 0 fully saturated rings. The van der Waals surface area contributed by atoms with Gasteiger partial charge in [0.25, 0.3) is 5.91 Å². The number of rotatable bonds is 3. The van der Waals surface area contributed by atoms with Crippen LogP contribution in [-0.4, -0.2) is 16.9 Å². The number of carbonyl (C=O) groups excluding carboxylic acids is 2. The summed E-state index contributed by atoms with van der Waals surface area (Å²) in [5.74, 6) is -1.48. The fourth-order valence-electron chi connectivity index (χ4n) is 1.69. The first-order valence-corrected chi connectivity index (χ1v) is 6.30. The maximum absolute atomic E-state index is 12.4. The number of nitrogens with one attached hydrogen (secondary N) is 1. The molecule has 122 valence electrons. The lowest BCUT2D eigenvalue weighted by Gasteiger charge is -2.09. The number of hydrogen-bond donors (Lipinski definition) is 1. The van der Waals surface area contributed by atoms with Crippen LogP contribution < -0.4 is 10.1 Å². The molecule has 0 unspecified atom stereocenters. The van der Waals surface area contributed by atoms with E-state index in [0.29, 0.717) is 11.8 Å². The van der Waals surface area contributed by atoms with Crippen molar-refractivity contribution in [3.8, 4) is 5.75 Å². The van der Waals surface area contributed by atoms with Gasteiger partial charge in [0.05, 0.1) is 5.56 Å². The topological polar surface area (TPSA) is 81.4 Å². The highest BCUT2D eigenvalue weighted by Crippen LogP contribution is 2.29. The van der Waals surface area contributed by atoms with Crippen LogP contribution in [0.25, 0.3) is 0 Å². The SMILES string of the molecule is CC(=O)Oc1ccc(C)cc1C(=O)Nc1nc(C(F)(F)F)co1. The molecule has 1 aromatic carbocycles. The molecule has 0 saturated heterocycles. The van der Waals surface area contributed by atoms with Crippen molar-refractivity contribution in [2.24, 2.45) is 0 Å². The highest BCUT2D eigenvalue weighted by molar-refractivity contribution is 6.05. The molecule has 9 heteroatoms. The second kappa shape index (κ2) is 6.11. The Morgan fingerprint density at radius 1 is 1.30 bits per heavy atom. The van der Waals surface area contributed by atoms with Crippen LogP contribution in [-0.2, 0) is 11.0 Å². The molecular weight excluding hydrogens is 317 g/mol. The highest BCUT2D eigenvalue weighted by Gasteiger charge is 2.35. The molecule has 1 N–H and O–H groups in total. The van der Waals surface area contributed by atoms with E-state index < -0.39 is 29.8 Å². The van der Waals surface area contributed by atoms with E-state index in [0.717, 1.165) is 6.92 Å². The minimum Gasteiger partial charge on any atom is -0.431 e. The molecule has 1 aromatic heterocycles. The molecule has 0 bridgehead atoms. The van der Waals surface area contributed by atoms with Gasteiger partial charge in [-0.05, 0) is 19.1 Å². The van der Waals surface area contributed by atoms with E-state index in [1.807, 2.05) is 0 Å². The van der Waals surface area contributed by atoms with Gasteiger partial charge in [0.2, 0.25) is 0 Å². The van der Waals surface area contributed by atoms with E-state index >= 15 is 0 Å². The molecule has 0 spiro atoms. The molecule has 0 atom stereocenters. The summed E-state index contributed by atoms with van der Waals surface area (Å²) < 4.78 is 46.7. The maximum atomic E-state index is 12.4. The van der Waals surface area contributed by atoms with Gasteiger partial charge in [-0.15, -0.1) is 0 Å². The van der Waals surface area contributed by atoms with Gasteiger partial charge in [-0.2, -0.15) is 18.2 Å². The van der Waals surface area contributed by atoms with E-state index in [4.69, 9.17) is 4.74 Å². The number of anilines is 1. The Morgan fingerprint density at radius 2 is 2.00 bits per heavy atom. The molecule has 23 heavy (non-hydrogen) atoms. The first-order valence-electron chi connectivity index (χ1n) is 6.30. The lowest BCUT2D eigenvalue weighted by atomic mass is 10.1. The van der Waals surface area contributed by atoms with Crippen molar-refractivity contribution in [1.29, 1.82) is 0 Å². The Hall–Kier alpha value is -2.84. The van der Waals surface area contributed by atoms with Gasteiger partial charge in [0.1, 0.15) is 12.0 Å². The van der Waals surface area contributed by atoms with Crippen molar-refractivity contribution in [3.63, 3.8) is 0 Å². The quantitative estimate of drug-likeness (QED) is 0.691. The van der Waals surface area contributed by atoms with Crippen molar-refractivity contribution < 1.29 is 31.9 Å². The van der Waals surface area contributed by atoms with Gasteiger partial charge >= 0.3 is 18.2 Å². The molecule has 2 rings (SSSR count). The molecule has 1 heterocycles. The van der Waals surface area contributed by atoms with E-state index in [9.17, 15) is 22.8 Å². The minimum atomic E-state index is -4.68. The molecule has 1 amide bonds. The summed E-state index contributed by atoms with van der Waals surface area (Å²) in [6.07, 6.45) is -4.29. The summed E-state index contributed by atoms with van der Waals surface area (Å²) in [5, 5.41) is 2.08. The summed E-state index contributed by atoms with van der Waals surface area (Å²) in [5.41, 5.74) is -0.612. The predicted molar refractivity (Wildman–Crippen MR) is 71.9 cm³/mol. The number of aromatic nitrogens is 1. The summed E-state index contributed by atoms with van der Waals surface area (Å²) in [6.45, 7) is 2.85. The first kappa shape index (κ1) is 16.5. The molecule has 0 aliphatic heterocycles. The minimum absolute atomic E-state index is 0.0248. The maximum Gasteiger partial charge on any atom is 0.436 e. The van der Waals surface area contributed by atoms with Crippen LogP contribution in [0.4, 0.5) is 19.2 Å². The van der Waals surface area contributed by atoms with Crippen LogP contribution in [0.3, 0.4) is 0 Å². The molecule has 2 aromatic rings. The molecule has 0 saturated carbocycles. The number of hydrogen-bond acceptors (Lipinski definition) is 5. The number of amides is 1. The number of oxazole rings is 1. The Morgan fingerprint density at radius 3 is 2.57 bits per heavy atom. The monoisotopic (exact) mass is 328 g/mol. The van der Waals surface area contributed by atoms with Crippen LogP contribution in [0, 0.1) is 6.92 Å². The van der Waals surface area contributed by atoms with Gasteiger partial charge in [0.15, 0.2) is 5.69 Å². The third kappa shape index (κ3) is 4.09. The third-order valence-corrected chi connectivity index (χ3v) is 2.65. The normalized spacial score (nSPS) is 11.2. The fraction of sp³-hybridized carbons (Fsp3) is 0.214. The van der Waals surface area contributed by atoms with Gasteiger partial charge in [-0.25, -0.2) is 0 Å². The number of benzene rings is 1. The zero-order chi connectivity index (χ0) is 17.2. The number of ether oxygens (including phenoxy) is 1. The molecule has 0 radical (unpaired) electrons. The van der Waals surface area contributed by atoms with E-state index in [1.54, 1.807) is 13.0 Å². The van der Waals surface area contributed by atoms with Crippen LogP contribution in [0.5, 0.6) is 5.75 Å². The molecule has 0 aliphatic carbocycles. The Labute approximate surface area is 128 Å². The van der Waals surface area contributed by atoms with Crippen LogP contribution in [0.15, 0.2) is 28.9 Å². The molecular formula is C14H11F3N2O4.